The first-order chi connectivity index (χ1) is 9.69. The van der Waals surface area contributed by atoms with E-state index in [1.165, 1.54) is 0 Å². The van der Waals surface area contributed by atoms with Crippen LogP contribution in [0.3, 0.4) is 0 Å². The third kappa shape index (κ3) is 3.68. The van der Waals surface area contributed by atoms with Gasteiger partial charge in [-0.3, -0.25) is 9.78 Å². The van der Waals surface area contributed by atoms with Gasteiger partial charge in [0.1, 0.15) is 5.69 Å². The molecule has 2 aromatic rings. The minimum Gasteiger partial charge on any atom is -0.381 e. The fourth-order valence-corrected chi connectivity index (χ4v) is 1.69. The molecule has 0 aliphatic rings. The lowest BCUT2D eigenvalue weighted by Gasteiger charge is -2.07. The molecule has 0 spiro atoms. The molecule has 1 aromatic heterocycles. The molecule has 1 amide bonds. The Morgan fingerprint density at radius 1 is 1.25 bits per heavy atom. The van der Waals surface area contributed by atoms with Crippen molar-refractivity contribution in [3.63, 3.8) is 0 Å². The largest absolute Gasteiger partial charge is 0.381 e. The molecule has 0 saturated heterocycles. The Morgan fingerprint density at radius 2 is 2.00 bits per heavy atom. The molecule has 0 unspecified atom stereocenters. The second-order valence-corrected chi connectivity index (χ2v) is 4.42. The Kier molecular flexibility index (Phi) is 4.50. The molecule has 1 heterocycles. The van der Waals surface area contributed by atoms with E-state index in [9.17, 15) is 4.79 Å². The SMILES string of the molecule is C=CCNc1ccnc(C(=O)Nc2ccc(C)cc2)c1. The molecule has 4 heteroatoms. The van der Waals surface area contributed by atoms with Gasteiger partial charge in [-0.2, -0.15) is 0 Å². The van der Waals surface area contributed by atoms with Gasteiger partial charge in [0.15, 0.2) is 0 Å². The number of carbonyl (C=O) groups excluding carboxylic acids is 1. The van der Waals surface area contributed by atoms with Crippen LogP contribution in [0.4, 0.5) is 11.4 Å². The van der Waals surface area contributed by atoms with Gasteiger partial charge in [0.2, 0.25) is 0 Å². The van der Waals surface area contributed by atoms with Crippen LogP contribution in [0.5, 0.6) is 0 Å². The molecule has 102 valence electrons. The minimum atomic E-state index is -0.226. The smallest absolute Gasteiger partial charge is 0.274 e. The summed E-state index contributed by atoms with van der Waals surface area (Å²) in [6, 6.07) is 11.2. The maximum absolute atomic E-state index is 12.1. The lowest BCUT2D eigenvalue weighted by atomic mass is 10.2. The van der Waals surface area contributed by atoms with E-state index in [2.05, 4.69) is 22.2 Å². The zero-order valence-electron chi connectivity index (χ0n) is 11.4. The first kappa shape index (κ1) is 13.8. The number of nitrogens with zero attached hydrogens (tertiary/aromatic N) is 1. The van der Waals surface area contributed by atoms with Crippen molar-refractivity contribution in [1.29, 1.82) is 0 Å². The predicted octanol–water partition coefficient (Wildman–Crippen LogP) is 3.24. The van der Waals surface area contributed by atoms with Gasteiger partial charge in [0.25, 0.3) is 5.91 Å². The van der Waals surface area contributed by atoms with E-state index in [-0.39, 0.29) is 5.91 Å². The molecule has 0 bridgehead atoms. The van der Waals surface area contributed by atoms with Crippen LogP contribution in [0.15, 0.2) is 55.3 Å². The number of amides is 1. The second kappa shape index (κ2) is 6.52. The molecule has 0 radical (unpaired) electrons. The Labute approximate surface area is 118 Å². The van der Waals surface area contributed by atoms with Crippen molar-refractivity contribution in [3.05, 3.63) is 66.5 Å². The Morgan fingerprint density at radius 3 is 2.70 bits per heavy atom. The van der Waals surface area contributed by atoms with Crippen molar-refractivity contribution in [3.8, 4) is 0 Å². The number of benzene rings is 1. The third-order valence-electron chi connectivity index (χ3n) is 2.75. The Balaban J connectivity index is 2.08. The van der Waals surface area contributed by atoms with Gasteiger partial charge in [0, 0.05) is 24.1 Å². The number of aromatic nitrogens is 1. The van der Waals surface area contributed by atoms with E-state index < -0.39 is 0 Å². The van der Waals surface area contributed by atoms with Crippen LogP contribution < -0.4 is 10.6 Å². The highest BCUT2D eigenvalue weighted by Crippen LogP contribution is 2.12. The minimum absolute atomic E-state index is 0.226. The number of hydrogen-bond acceptors (Lipinski definition) is 3. The van der Waals surface area contributed by atoms with Crippen molar-refractivity contribution >= 4 is 17.3 Å². The van der Waals surface area contributed by atoms with E-state index in [1.54, 1.807) is 18.3 Å². The second-order valence-electron chi connectivity index (χ2n) is 4.42. The highest BCUT2D eigenvalue weighted by Gasteiger charge is 2.08. The molecule has 1 aromatic carbocycles. The number of aryl methyl sites for hydroxylation is 1. The third-order valence-corrected chi connectivity index (χ3v) is 2.75. The van der Waals surface area contributed by atoms with Gasteiger partial charge in [0.05, 0.1) is 0 Å². The summed E-state index contributed by atoms with van der Waals surface area (Å²) in [5.41, 5.74) is 3.12. The standard InChI is InChI=1S/C16H17N3O/c1-3-9-17-14-8-10-18-15(11-14)16(20)19-13-6-4-12(2)5-7-13/h3-8,10-11H,1,9H2,2H3,(H,17,18)(H,19,20). The van der Waals surface area contributed by atoms with Gasteiger partial charge in [-0.05, 0) is 31.2 Å². The van der Waals surface area contributed by atoms with Crippen LogP contribution in [0.2, 0.25) is 0 Å². The molecular formula is C16H17N3O. The average Bonchev–Trinajstić information content (AvgIpc) is 2.48. The van der Waals surface area contributed by atoms with E-state index in [1.807, 2.05) is 37.3 Å². The summed E-state index contributed by atoms with van der Waals surface area (Å²) in [6.45, 7) is 6.28. The summed E-state index contributed by atoms with van der Waals surface area (Å²) in [5, 5.41) is 5.94. The van der Waals surface area contributed by atoms with Crippen LogP contribution in [-0.4, -0.2) is 17.4 Å². The highest BCUT2D eigenvalue weighted by molar-refractivity contribution is 6.03. The number of rotatable bonds is 5. The zero-order valence-corrected chi connectivity index (χ0v) is 11.4. The van der Waals surface area contributed by atoms with Gasteiger partial charge in [-0.15, -0.1) is 6.58 Å². The number of pyridine rings is 1. The monoisotopic (exact) mass is 267 g/mol. The number of nitrogens with one attached hydrogen (secondary N) is 2. The van der Waals surface area contributed by atoms with Crippen molar-refractivity contribution < 1.29 is 4.79 Å². The molecule has 4 nitrogen and oxygen atoms in total. The summed E-state index contributed by atoms with van der Waals surface area (Å²) < 4.78 is 0. The summed E-state index contributed by atoms with van der Waals surface area (Å²) in [5.74, 6) is -0.226. The van der Waals surface area contributed by atoms with Crippen molar-refractivity contribution in [1.82, 2.24) is 4.98 Å². The normalized spacial score (nSPS) is 9.85. The van der Waals surface area contributed by atoms with E-state index in [0.717, 1.165) is 16.9 Å². The fraction of sp³-hybridized carbons (Fsp3) is 0.125. The summed E-state index contributed by atoms with van der Waals surface area (Å²) in [6.07, 6.45) is 3.36. The molecule has 2 N–H and O–H groups in total. The predicted molar refractivity (Wildman–Crippen MR) is 82.1 cm³/mol. The zero-order chi connectivity index (χ0) is 14.4. The molecule has 0 aliphatic heterocycles. The van der Waals surface area contributed by atoms with E-state index in [4.69, 9.17) is 0 Å². The van der Waals surface area contributed by atoms with Gasteiger partial charge < -0.3 is 10.6 Å². The summed E-state index contributed by atoms with van der Waals surface area (Å²) in [7, 11) is 0. The van der Waals surface area contributed by atoms with Gasteiger partial charge >= 0.3 is 0 Å². The number of anilines is 2. The lowest BCUT2D eigenvalue weighted by Crippen LogP contribution is -2.14. The molecule has 0 atom stereocenters. The van der Waals surface area contributed by atoms with Crippen LogP contribution >= 0.6 is 0 Å². The number of hydrogen-bond donors (Lipinski definition) is 2. The Bertz CT molecular complexity index is 605. The molecule has 0 fully saturated rings. The van der Waals surface area contributed by atoms with E-state index >= 15 is 0 Å². The molecule has 20 heavy (non-hydrogen) atoms. The molecular weight excluding hydrogens is 250 g/mol. The highest BCUT2D eigenvalue weighted by atomic mass is 16.1. The van der Waals surface area contributed by atoms with Crippen molar-refractivity contribution in [2.24, 2.45) is 0 Å². The summed E-state index contributed by atoms with van der Waals surface area (Å²) in [4.78, 5) is 16.2. The van der Waals surface area contributed by atoms with E-state index in [0.29, 0.717) is 12.2 Å². The topological polar surface area (TPSA) is 54.0 Å². The van der Waals surface area contributed by atoms with Gasteiger partial charge in [-0.25, -0.2) is 0 Å². The average molecular weight is 267 g/mol. The molecule has 0 saturated carbocycles. The van der Waals surface area contributed by atoms with Crippen LogP contribution in [0.1, 0.15) is 16.1 Å². The van der Waals surface area contributed by atoms with Crippen molar-refractivity contribution in [2.45, 2.75) is 6.92 Å². The molecule has 2 rings (SSSR count). The van der Waals surface area contributed by atoms with Crippen LogP contribution in [-0.2, 0) is 0 Å². The van der Waals surface area contributed by atoms with Gasteiger partial charge in [-0.1, -0.05) is 23.8 Å². The summed E-state index contributed by atoms with van der Waals surface area (Å²) >= 11 is 0. The fourth-order valence-electron chi connectivity index (χ4n) is 1.69. The first-order valence-electron chi connectivity index (χ1n) is 6.38. The Hall–Kier alpha value is -2.62. The quantitative estimate of drug-likeness (QED) is 0.818. The van der Waals surface area contributed by atoms with Crippen LogP contribution in [0, 0.1) is 6.92 Å². The van der Waals surface area contributed by atoms with Crippen LogP contribution in [0.25, 0.3) is 0 Å². The lowest BCUT2D eigenvalue weighted by molar-refractivity contribution is 0.102. The maximum Gasteiger partial charge on any atom is 0.274 e. The maximum atomic E-state index is 12.1. The number of carbonyl (C=O) groups is 1. The van der Waals surface area contributed by atoms with Crippen molar-refractivity contribution in [2.75, 3.05) is 17.2 Å². The first-order valence-corrected chi connectivity index (χ1v) is 6.38. The molecule has 0 aliphatic carbocycles.